The topological polar surface area (TPSA) is 56.0 Å². The lowest BCUT2D eigenvalue weighted by molar-refractivity contribution is 0.186. The number of hydrogen-bond donors (Lipinski definition) is 2. The van der Waals surface area contributed by atoms with E-state index in [4.69, 9.17) is 5.26 Å². The van der Waals surface area contributed by atoms with Gasteiger partial charge in [-0.15, -0.1) is 0 Å². The van der Waals surface area contributed by atoms with Gasteiger partial charge in [0.15, 0.2) is 6.23 Å². The van der Waals surface area contributed by atoms with E-state index in [2.05, 4.69) is 5.32 Å². The molecule has 0 saturated carbocycles. The highest BCUT2D eigenvalue weighted by molar-refractivity contribution is 5.41. The monoisotopic (exact) mass is 164 g/mol. The summed E-state index contributed by atoms with van der Waals surface area (Å²) in [5, 5.41) is 20.9. The van der Waals surface area contributed by atoms with E-state index < -0.39 is 6.23 Å². The number of aliphatic hydroxyl groups excluding tert-OH is 1. The average Bonchev–Trinajstić information content (AvgIpc) is 2.03. The molecule has 0 fully saturated rings. The van der Waals surface area contributed by atoms with Crippen LogP contribution in [-0.4, -0.2) is 11.3 Å². The fraction of sp³-hybridized carbons (Fsp3) is 0.444. The molecule has 1 atom stereocenters. The molecule has 0 spiro atoms. The summed E-state index contributed by atoms with van der Waals surface area (Å²) in [6.45, 7) is 3.83. The molecule has 3 nitrogen and oxygen atoms in total. The quantitative estimate of drug-likeness (QED) is 0.609. The van der Waals surface area contributed by atoms with E-state index in [0.29, 0.717) is 5.57 Å². The number of nitrogens with one attached hydrogen (secondary N) is 1. The second kappa shape index (κ2) is 3.42. The predicted molar refractivity (Wildman–Crippen MR) is 45.8 cm³/mol. The van der Waals surface area contributed by atoms with Crippen LogP contribution in [0.25, 0.3) is 0 Å². The van der Waals surface area contributed by atoms with E-state index in [1.54, 1.807) is 0 Å². The molecule has 0 aromatic rings. The molecule has 12 heavy (non-hydrogen) atoms. The number of aliphatic hydroxyl groups is 1. The molecule has 1 heterocycles. The third kappa shape index (κ3) is 1.49. The number of allylic oxidation sites excluding steroid dienone is 3. The maximum absolute atomic E-state index is 9.41. The first-order valence-corrected chi connectivity index (χ1v) is 3.95. The van der Waals surface area contributed by atoms with Crippen LogP contribution in [0.5, 0.6) is 0 Å². The standard InChI is InChI=1S/C9H12N2O/c1-3-7-4-6(2)11-9(12)8(7)5-10/h4,9,11-12H,3H2,1-2H3. The Labute approximate surface area is 72.0 Å². The van der Waals surface area contributed by atoms with Crippen LogP contribution in [0, 0.1) is 11.3 Å². The van der Waals surface area contributed by atoms with E-state index in [1.807, 2.05) is 26.0 Å². The molecule has 1 rings (SSSR count). The molecule has 0 radical (unpaired) electrons. The lowest BCUT2D eigenvalue weighted by atomic mass is 10.0. The van der Waals surface area contributed by atoms with Gasteiger partial charge in [-0.1, -0.05) is 6.92 Å². The van der Waals surface area contributed by atoms with Gasteiger partial charge in [0.25, 0.3) is 0 Å². The highest BCUT2D eigenvalue weighted by Crippen LogP contribution is 2.18. The van der Waals surface area contributed by atoms with Crippen molar-refractivity contribution in [2.24, 2.45) is 0 Å². The Morgan fingerprint density at radius 3 is 2.92 bits per heavy atom. The van der Waals surface area contributed by atoms with E-state index in [-0.39, 0.29) is 0 Å². The molecule has 64 valence electrons. The third-order valence-electron chi connectivity index (χ3n) is 1.88. The Morgan fingerprint density at radius 1 is 1.75 bits per heavy atom. The van der Waals surface area contributed by atoms with Gasteiger partial charge in [-0.05, 0) is 25.0 Å². The first-order valence-electron chi connectivity index (χ1n) is 3.95. The van der Waals surface area contributed by atoms with Gasteiger partial charge in [0.05, 0.1) is 11.6 Å². The van der Waals surface area contributed by atoms with E-state index in [0.717, 1.165) is 17.7 Å². The smallest absolute Gasteiger partial charge is 0.160 e. The maximum Gasteiger partial charge on any atom is 0.160 e. The maximum atomic E-state index is 9.41. The fourth-order valence-electron chi connectivity index (χ4n) is 1.27. The van der Waals surface area contributed by atoms with Crippen molar-refractivity contribution >= 4 is 0 Å². The van der Waals surface area contributed by atoms with Gasteiger partial charge in [0, 0.05) is 5.70 Å². The molecule has 0 aromatic heterocycles. The van der Waals surface area contributed by atoms with Gasteiger partial charge in [-0.25, -0.2) is 0 Å². The van der Waals surface area contributed by atoms with Crippen LogP contribution in [0.2, 0.25) is 0 Å². The lowest BCUT2D eigenvalue weighted by Gasteiger charge is -2.20. The summed E-state index contributed by atoms with van der Waals surface area (Å²) in [5.41, 5.74) is 2.25. The van der Waals surface area contributed by atoms with Crippen LogP contribution in [0.1, 0.15) is 20.3 Å². The summed E-state index contributed by atoms with van der Waals surface area (Å²) in [6, 6.07) is 2.00. The van der Waals surface area contributed by atoms with Gasteiger partial charge in [0.1, 0.15) is 0 Å². The van der Waals surface area contributed by atoms with Crippen LogP contribution in [0.3, 0.4) is 0 Å². The molecule has 1 aliphatic rings. The minimum Gasteiger partial charge on any atom is -0.369 e. The van der Waals surface area contributed by atoms with Crippen molar-refractivity contribution in [3.05, 3.63) is 22.9 Å². The van der Waals surface area contributed by atoms with Crippen LogP contribution in [-0.2, 0) is 0 Å². The van der Waals surface area contributed by atoms with Crippen LogP contribution < -0.4 is 5.32 Å². The number of rotatable bonds is 1. The Kier molecular flexibility index (Phi) is 2.51. The minimum absolute atomic E-state index is 0.433. The van der Waals surface area contributed by atoms with Crippen molar-refractivity contribution in [2.45, 2.75) is 26.5 Å². The van der Waals surface area contributed by atoms with Gasteiger partial charge in [-0.2, -0.15) is 5.26 Å². The zero-order valence-corrected chi connectivity index (χ0v) is 7.26. The van der Waals surface area contributed by atoms with Crippen molar-refractivity contribution in [1.82, 2.24) is 5.32 Å². The molecule has 3 heteroatoms. The van der Waals surface area contributed by atoms with Crippen molar-refractivity contribution in [3.8, 4) is 6.07 Å². The van der Waals surface area contributed by atoms with E-state index in [9.17, 15) is 5.11 Å². The Morgan fingerprint density at radius 2 is 2.42 bits per heavy atom. The van der Waals surface area contributed by atoms with E-state index >= 15 is 0 Å². The largest absolute Gasteiger partial charge is 0.369 e. The first-order chi connectivity index (χ1) is 5.69. The lowest BCUT2D eigenvalue weighted by Crippen LogP contribution is -2.32. The zero-order valence-electron chi connectivity index (χ0n) is 7.26. The molecule has 0 aromatic carbocycles. The molecule has 0 bridgehead atoms. The highest BCUT2D eigenvalue weighted by Gasteiger charge is 2.17. The number of dihydropyridines is 1. The first kappa shape index (κ1) is 8.82. The second-order valence-electron chi connectivity index (χ2n) is 2.78. The van der Waals surface area contributed by atoms with Crippen molar-refractivity contribution in [2.75, 3.05) is 0 Å². The summed E-state index contributed by atoms with van der Waals surface area (Å²) in [6.07, 6.45) is 1.85. The van der Waals surface area contributed by atoms with Crippen molar-refractivity contribution < 1.29 is 5.11 Å². The van der Waals surface area contributed by atoms with Gasteiger partial charge in [0.2, 0.25) is 0 Å². The summed E-state index contributed by atoms with van der Waals surface area (Å²) in [7, 11) is 0. The zero-order chi connectivity index (χ0) is 9.14. The summed E-state index contributed by atoms with van der Waals surface area (Å²) in [5.74, 6) is 0. The molecule has 0 amide bonds. The molecule has 1 aliphatic heterocycles. The van der Waals surface area contributed by atoms with Gasteiger partial charge in [-0.3, -0.25) is 0 Å². The third-order valence-corrected chi connectivity index (χ3v) is 1.88. The Hall–Kier alpha value is -1.27. The van der Waals surface area contributed by atoms with Crippen molar-refractivity contribution in [1.29, 1.82) is 5.26 Å². The molecular weight excluding hydrogens is 152 g/mol. The predicted octanol–water partition coefficient (Wildman–Crippen LogP) is 1.04. The summed E-state index contributed by atoms with van der Waals surface area (Å²) in [4.78, 5) is 0. The molecular formula is C9H12N2O. The molecule has 1 unspecified atom stereocenters. The summed E-state index contributed by atoms with van der Waals surface area (Å²) < 4.78 is 0. The number of nitriles is 1. The fourth-order valence-corrected chi connectivity index (χ4v) is 1.27. The summed E-state index contributed by atoms with van der Waals surface area (Å²) >= 11 is 0. The number of hydrogen-bond acceptors (Lipinski definition) is 3. The Balaban J connectivity index is 3.07. The normalized spacial score (nSPS) is 22.8. The number of nitrogens with zero attached hydrogens (tertiary/aromatic N) is 1. The van der Waals surface area contributed by atoms with Crippen LogP contribution in [0.4, 0.5) is 0 Å². The van der Waals surface area contributed by atoms with Gasteiger partial charge >= 0.3 is 0 Å². The Bertz CT molecular complexity index is 283. The molecule has 2 N–H and O–H groups in total. The minimum atomic E-state index is -0.824. The van der Waals surface area contributed by atoms with Crippen molar-refractivity contribution in [3.63, 3.8) is 0 Å². The molecule has 0 saturated heterocycles. The van der Waals surface area contributed by atoms with E-state index in [1.165, 1.54) is 0 Å². The van der Waals surface area contributed by atoms with Gasteiger partial charge < -0.3 is 10.4 Å². The van der Waals surface area contributed by atoms with Crippen LogP contribution >= 0.6 is 0 Å². The SMILES string of the molecule is CCC1=C(C#N)C(O)NC(C)=C1. The average molecular weight is 164 g/mol. The highest BCUT2D eigenvalue weighted by atomic mass is 16.3. The second-order valence-corrected chi connectivity index (χ2v) is 2.78. The molecule has 0 aliphatic carbocycles. The van der Waals surface area contributed by atoms with Crippen LogP contribution in [0.15, 0.2) is 22.9 Å².